The third kappa shape index (κ3) is 3.94. The molecule has 0 bridgehead atoms. The zero-order valence-electron chi connectivity index (χ0n) is 11.1. The molecule has 0 aliphatic carbocycles. The van der Waals surface area contributed by atoms with Crippen LogP contribution in [-0.4, -0.2) is 17.0 Å². The van der Waals surface area contributed by atoms with E-state index < -0.39 is 11.9 Å². The number of nitrogens with one attached hydrogen (secondary N) is 1. The van der Waals surface area contributed by atoms with Gasteiger partial charge in [-0.2, -0.15) is 0 Å². The summed E-state index contributed by atoms with van der Waals surface area (Å²) >= 11 is 0. The molecule has 0 spiro atoms. The third-order valence-corrected chi connectivity index (χ3v) is 2.75. The molecule has 0 saturated heterocycles. The molecule has 1 amide bonds. The van der Waals surface area contributed by atoms with Gasteiger partial charge < -0.3 is 16.2 Å². The summed E-state index contributed by atoms with van der Waals surface area (Å²) in [4.78, 5) is 22.9. The van der Waals surface area contributed by atoms with Gasteiger partial charge in [0.1, 0.15) is 0 Å². The number of aromatic carboxylic acids is 1. The van der Waals surface area contributed by atoms with Crippen LogP contribution in [0, 0.1) is 0 Å². The Morgan fingerprint density at radius 2 is 1.86 bits per heavy atom. The van der Waals surface area contributed by atoms with Gasteiger partial charge in [-0.25, -0.2) is 4.79 Å². The summed E-state index contributed by atoms with van der Waals surface area (Å²) in [5.41, 5.74) is 7.34. The average molecular weight is 282 g/mol. The van der Waals surface area contributed by atoms with Crippen LogP contribution >= 0.6 is 0 Å². The number of hydrogen-bond donors (Lipinski definition) is 3. The maximum absolute atomic E-state index is 11.8. The second-order valence-corrected chi connectivity index (χ2v) is 4.34. The highest BCUT2D eigenvalue weighted by Gasteiger charge is 2.09. The molecule has 0 aliphatic heterocycles. The van der Waals surface area contributed by atoms with Crippen LogP contribution in [0.15, 0.2) is 54.6 Å². The van der Waals surface area contributed by atoms with Gasteiger partial charge in [-0.05, 0) is 35.9 Å². The summed E-state index contributed by atoms with van der Waals surface area (Å²) in [5.74, 6) is -1.50. The van der Waals surface area contributed by atoms with Crippen LogP contribution in [0.1, 0.15) is 15.9 Å². The first-order valence-corrected chi connectivity index (χ1v) is 6.23. The molecule has 0 saturated carbocycles. The number of carboxylic acid groups (broad SMARTS) is 1. The summed E-state index contributed by atoms with van der Waals surface area (Å²) in [6, 6.07) is 13.3. The minimum Gasteiger partial charge on any atom is -0.478 e. The Labute approximate surface area is 121 Å². The van der Waals surface area contributed by atoms with E-state index in [9.17, 15) is 9.59 Å². The Bertz CT molecular complexity index is 708. The van der Waals surface area contributed by atoms with Crippen molar-refractivity contribution in [3.63, 3.8) is 0 Å². The Morgan fingerprint density at radius 3 is 2.57 bits per heavy atom. The van der Waals surface area contributed by atoms with Crippen LogP contribution in [0.3, 0.4) is 0 Å². The quantitative estimate of drug-likeness (QED) is 0.593. The van der Waals surface area contributed by atoms with Crippen molar-refractivity contribution >= 4 is 29.3 Å². The maximum atomic E-state index is 11.8. The number of carbonyl (C=O) groups excluding carboxylic acids is 1. The third-order valence-electron chi connectivity index (χ3n) is 2.75. The molecule has 106 valence electrons. The lowest BCUT2D eigenvalue weighted by Gasteiger charge is -2.05. The van der Waals surface area contributed by atoms with Gasteiger partial charge in [0.2, 0.25) is 5.91 Å². The predicted molar refractivity (Wildman–Crippen MR) is 81.9 cm³/mol. The molecule has 21 heavy (non-hydrogen) atoms. The summed E-state index contributed by atoms with van der Waals surface area (Å²) in [6.45, 7) is 0. The van der Waals surface area contributed by atoms with E-state index in [1.165, 1.54) is 18.2 Å². The van der Waals surface area contributed by atoms with E-state index in [-0.39, 0.29) is 11.3 Å². The number of benzene rings is 2. The highest BCUT2D eigenvalue weighted by Crippen LogP contribution is 2.15. The number of rotatable bonds is 4. The molecule has 0 atom stereocenters. The summed E-state index contributed by atoms with van der Waals surface area (Å²) in [5, 5.41) is 11.6. The average Bonchev–Trinajstić information content (AvgIpc) is 2.45. The second kappa shape index (κ2) is 6.38. The maximum Gasteiger partial charge on any atom is 0.337 e. The molecule has 0 aliphatic rings. The van der Waals surface area contributed by atoms with Gasteiger partial charge in [0, 0.05) is 11.8 Å². The SMILES string of the molecule is Nc1cccc(/C=C/C(=O)Nc2ccccc2C(=O)O)c1. The molecular weight excluding hydrogens is 268 g/mol. The van der Waals surface area contributed by atoms with E-state index in [1.54, 1.807) is 36.4 Å². The van der Waals surface area contributed by atoms with Gasteiger partial charge in [0.15, 0.2) is 0 Å². The highest BCUT2D eigenvalue weighted by molar-refractivity contribution is 6.06. The Hall–Kier alpha value is -3.08. The van der Waals surface area contributed by atoms with Crippen LogP contribution in [0.4, 0.5) is 11.4 Å². The second-order valence-electron chi connectivity index (χ2n) is 4.34. The zero-order valence-corrected chi connectivity index (χ0v) is 11.1. The van der Waals surface area contributed by atoms with Crippen LogP contribution in [0.5, 0.6) is 0 Å². The number of hydrogen-bond acceptors (Lipinski definition) is 3. The molecule has 2 aromatic carbocycles. The number of para-hydroxylation sites is 1. The van der Waals surface area contributed by atoms with Gasteiger partial charge in [-0.3, -0.25) is 4.79 Å². The fourth-order valence-corrected chi connectivity index (χ4v) is 1.79. The summed E-state index contributed by atoms with van der Waals surface area (Å²) in [7, 11) is 0. The van der Waals surface area contributed by atoms with Crippen molar-refractivity contribution in [2.45, 2.75) is 0 Å². The topological polar surface area (TPSA) is 92.4 Å². The summed E-state index contributed by atoms with van der Waals surface area (Å²) in [6.07, 6.45) is 2.93. The largest absolute Gasteiger partial charge is 0.478 e. The van der Waals surface area contributed by atoms with Gasteiger partial charge >= 0.3 is 5.97 Å². The number of amides is 1. The number of carbonyl (C=O) groups is 2. The molecule has 0 fully saturated rings. The molecule has 5 nitrogen and oxygen atoms in total. The molecule has 0 radical (unpaired) electrons. The van der Waals surface area contributed by atoms with Crippen molar-refractivity contribution in [3.05, 3.63) is 65.7 Å². The molecule has 0 unspecified atom stereocenters. The van der Waals surface area contributed by atoms with Crippen LogP contribution in [-0.2, 0) is 4.79 Å². The van der Waals surface area contributed by atoms with E-state index in [4.69, 9.17) is 10.8 Å². The predicted octanol–water partition coefficient (Wildman–Crippen LogP) is 2.62. The number of carboxylic acids is 1. The van der Waals surface area contributed by atoms with Crippen molar-refractivity contribution < 1.29 is 14.7 Å². The van der Waals surface area contributed by atoms with Crippen molar-refractivity contribution in [3.8, 4) is 0 Å². The highest BCUT2D eigenvalue weighted by atomic mass is 16.4. The Morgan fingerprint density at radius 1 is 1.10 bits per heavy atom. The monoisotopic (exact) mass is 282 g/mol. The minimum absolute atomic E-state index is 0.0446. The molecule has 0 aromatic heterocycles. The van der Waals surface area contributed by atoms with Crippen molar-refractivity contribution in [1.82, 2.24) is 0 Å². The fourth-order valence-electron chi connectivity index (χ4n) is 1.79. The summed E-state index contributed by atoms with van der Waals surface area (Å²) < 4.78 is 0. The van der Waals surface area contributed by atoms with Crippen LogP contribution in [0.25, 0.3) is 6.08 Å². The van der Waals surface area contributed by atoms with E-state index in [0.29, 0.717) is 5.69 Å². The number of nitrogens with two attached hydrogens (primary N) is 1. The van der Waals surface area contributed by atoms with Gasteiger partial charge in [0.25, 0.3) is 0 Å². The Balaban J connectivity index is 2.10. The lowest BCUT2D eigenvalue weighted by atomic mass is 10.1. The van der Waals surface area contributed by atoms with E-state index in [0.717, 1.165) is 5.56 Å². The van der Waals surface area contributed by atoms with Crippen LogP contribution in [0.2, 0.25) is 0 Å². The first-order chi connectivity index (χ1) is 10.1. The van der Waals surface area contributed by atoms with E-state index >= 15 is 0 Å². The molecule has 4 N–H and O–H groups in total. The van der Waals surface area contributed by atoms with E-state index in [2.05, 4.69) is 5.32 Å². The molecule has 0 heterocycles. The number of anilines is 2. The standard InChI is InChI=1S/C16H14N2O3/c17-12-5-3-4-11(10-12)8-9-15(19)18-14-7-2-1-6-13(14)16(20)21/h1-10H,17H2,(H,18,19)(H,20,21)/b9-8+. The molecule has 2 aromatic rings. The zero-order chi connectivity index (χ0) is 15.2. The smallest absolute Gasteiger partial charge is 0.337 e. The Kier molecular flexibility index (Phi) is 4.36. The van der Waals surface area contributed by atoms with Gasteiger partial charge in [-0.1, -0.05) is 24.3 Å². The van der Waals surface area contributed by atoms with E-state index in [1.807, 2.05) is 6.07 Å². The first kappa shape index (κ1) is 14.3. The molecular formula is C16H14N2O3. The van der Waals surface area contributed by atoms with Crippen molar-refractivity contribution in [2.24, 2.45) is 0 Å². The van der Waals surface area contributed by atoms with Gasteiger partial charge in [-0.15, -0.1) is 0 Å². The lowest BCUT2D eigenvalue weighted by Crippen LogP contribution is -2.11. The fraction of sp³-hybridized carbons (Fsp3) is 0. The van der Waals surface area contributed by atoms with Crippen molar-refractivity contribution in [2.75, 3.05) is 11.1 Å². The normalized spacial score (nSPS) is 10.5. The minimum atomic E-state index is -1.09. The number of nitrogen functional groups attached to an aromatic ring is 1. The van der Waals surface area contributed by atoms with Crippen LogP contribution < -0.4 is 11.1 Å². The molecule has 5 heteroatoms. The molecule has 2 rings (SSSR count). The lowest BCUT2D eigenvalue weighted by molar-refractivity contribution is -0.111. The van der Waals surface area contributed by atoms with Gasteiger partial charge in [0.05, 0.1) is 11.3 Å². The first-order valence-electron chi connectivity index (χ1n) is 6.23. The van der Waals surface area contributed by atoms with Crippen molar-refractivity contribution in [1.29, 1.82) is 0 Å².